The van der Waals surface area contributed by atoms with Crippen molar-refractivity contribution in [3.8, 4) is 0 Å². The second kappa shape index (κ2) is 4.94. The summed E-state index contributed by atoms with van der Waals surface area (Å²) in [7, 11) is 0. The monoisotopic (exact) mass is 229 g/mol. The van der Waals surface area contributed by atoms with Crippen molar-refractivity contribution in [2.45, 2.75) is 6.18 Å². The van der Waals surface area contributed by atoms with Crippen molar-refractivity contribution in [2.75, 3.05) is 6.54 Å². The van der Waals surface area contributed by atoms with Crippen LogP contribution in [0.2, 0.25) is 0 Å². The number of rotatable bonds is 3. The maximum absolute atomic E-state index is 12.5. The summed E-state index contributed by atoms with van der Waals surface area (Å²) in [4.78, 5) is 10.5. The number of halogens is 3. The third-order valence-corrected chi connectivity index (χ3v) is 1.96. The molecule has 0 spiro atoms. The first kappa shape index (κ1) is 12.4. The number of carbonyl (C=O) groups excluding carboxylic acids is 1. The highest BCUT2D eigenvalue weighted by atomic mass is 19.4. The summed E-state index contributed by atoms with van der Waals surface area (Å²) in [5.74, 6) is 0. The summed E-state index contributed by atoms with van der Waals surface area (Å²) in [5.41, 5.74) is 4.26. The van der Waals surface area contributed by atoms with Gasteiger partial charge in [-0.05, 0) is 11.6 Å². The molecule has 1 aromatic carbocycles. The van der Waals surface area contributed by atoms with Gasteiger partial charge >= 0.3 is 6.18 Å². The zero-order valence-corrected chi connectivity index (χ0v) is 8.29. The first-order valence-corrected chi connectivity index (χ1v) is 4.52. The molecule has 0 unspecified atom stereocenters. The van der Waals surface area contributed by atoms with Crippen LogP contribution in [-0.4, -0.2) is 12.8 Å². The van der Waals surface area contributed by atoms with Gasteiger partial charge in [0, 0.05) is 12.1 Å². The standard InChI is InChI=1S/C11H10F3NO/c12-11(13,14)10-6-8(2-1-5-15)3-4-9(10)7-16/h1-4,6-7H,5,15H2. The number of alkyl halides is 3. The Morgan fingerprint density at radius 3 is 2.50 bits per heavy atom. The summed E-state index contributed by atoms with van der Waals surface area (Å²) in [5, 5.41) is 0. The van der Waals surface area contributed by atoms with Gasteiger partial charge in [-0.1, -0.05) is 24.3 Å². The minimum absolute atomic E-state index is 0.194. The smallest absolute Gasteiger partial charge is 0.327 e. The Bertz CT molecular complexity index is 410. The van der Waals surface area contributed by atoms with Crippen LogP contribution in [0.25, 0.3) is 6.08 Å². The molecule has 0 aliphatic rings. The Morgan fingerprint density at radius 2 is 2.00 bits per heavy atom. The van der Waals surface area contributed by atoms with Crippen molar-refractivity contribution in [3.63, 3.8) is 0 Å². The van der Waals surface area contributed by atoms with Gasteiger partial charge in [0.15, 0.2) is 6.29 Å². The van der Waals surface area contributed by atoms with Crippen molar-refractivity contribution in [3.05, 3.63) is 41.0 Å². The zero-order chi connectivity index (χ0) is 12.2. The molecule has 0 aromatic heterocycles. The van der Waals surface area contributed by atoms with Gasteiger partial charge in [-0.15, -0.1) is 0 Å². The molecule has 0 amide bonds. The summed E-state index contributed by atoms with van der Waals surface area (Å²) in [6, 6.07) is 3.51. The van der Waals surface area contributed by atoms with Crippen LogP contribution in [0, 0.1) is 0 Å². The molecule has 0 aliphatic carbocycles. The lowest BCUT2D eigenvalue weighted by atomic mass is 10.0. The summed E-state index contributed by atoms with van der Waals surface area (Å²) in [6.07, 6.45) is -1.32. The molecular weight excluding hydrogens is 219 g/mol. The van der Waals surface area contributed by atoms with E-state index < -0.39 is 11.7 Å². The maximum atomic E-state index is 12.5. The predicted octanol–water partition coefficient (Wildman–Crippen LogP) is 2.49. The van der Waals surface area contributed by atoms with Gasteiger partial charge in [0.1, 0.15) is 0 Å². The van der Waals surface area contributed by atoms with Crippen LogP contribution in [0.4, 0.5) is 13.2 Å². The quantitative estimate of drug-likeness (QED) is 0.809. The Labute approximate surface area is 90.6 Å². The van der Waals surface area contributed by atoms with E-state index in [9.17, 15) is 18.0 Å². The molecule has 0 fully saturated rings. The number of aldehydes is 1. The molecule has 0 heterocycles. The fourth-order valence-corrected chi connectivity index (χ4v) is 1.23. The summed E-state index contributed by atoms with van der Waals surface area (Å²) in [6.45, 7) is 0.247. The average molecular weight is 229 g/mol. The lowest BCUT2D eigenvalue weighted by Gasteiger charge is -2.09. The van der Waals surface area contributed by atoms with E-state index >= 15 is 0 Å². The summed E-state index contributed by atoms with van der Waals surface area (Å²) >= 11 is 0. The summed E-state index contributed by atoms with van der Waals surface area (Å²) < 4.78 is 37.6. The molecule has 0 aliphatic heterocycles. The van der Waals surface area contributed by atoms with Crippen molar-refractivity contribution in [2.24, 2.45) is 5.73 Å². The molecule has 16 heavy (non-hydrogen) atoms. The Morgan fingerprint density at radius 1 is 1.31 bits per heavy atom. The van der Waals surface area contributed by atoms with Crippen LogP contribution in [0.3, 0.4) is 0 Å². The van der Waals surface area contributed by atoms with Crippen LogP contribution >= 0.6 is 0 Å². The van der Waals surface area contributed by atoms with Crippen LogP contribution in [-0.2, 0) is 6.18 Å². The Balaban J connectivity index is 3.22. The highest BCUT2D eigenvalue weighted by Crippen LogP contribution is 2.32. The number of nitrogens with two attached hydrogens (primary N) is 1. The van der Waals surface area contributed by atoms with Crippen LogP contribution in [0.5, 0.6) is 0 Å². The number of carbonyl (C=O) groups is 1. The molecule has 2 nitrogen and oxygen atoms in total. The number of hydrogen-bond donors (Lipinski definition) is 1. The minimum Gasteiger partial charge on any atom is -0.327 e. The highest BCUT2D eigenvalue weighted by Gasteiger charge is 2.33. The van der Waals surface area contributed by atoms with Crippen molar-refractivity contribution >= 4 is 12.4 Å². The van der Waals surface area contributed by atoms with Gasteiger partial charge in [-0.3, -0.25) is 4.79 Å². The zero-order valence-electron chi connectivity index (χ0n) is 8.29. The third kappa shape index (κ3) is 2.93. The second-order valence-corrected chi connectivity index (χ2v) is 3.10. The van der Waals surface area contributed by atoms with E-state index in [2.05, 4.69) is 0 Å². The van der Waals surface area contributed by atoms with Gasteiger partial charge in [0.2, 0.25) is 0 Å². The predicted molar refractivity (Wildman–Crippen MR) is 54.9 cm³/mol. The molecule has 0 saturated carbocycles. The van der Waals surface area contributed by atoms with Gasteiger partial charge in [0.25, 0.3) is 0 Å². The van der Waals surface area contributed by atoms with Gasteiger partial charge < -0.3 is 5.73 Å². The second-order valence-electron chi connectivity index (χ2n) is 3.10. The lowest BCUT2D eigenvalue weighted by molar-refractivity contribution is -0.137. The molecular formula is C11H10F3NO. The maximum Gasteiger partial charge on any atom is 0.417 e. The topological polar surface area (TPSA) is 43.1 Å². The fraction of sp³-hybridized carbons (Fsp3) is 0.182. The van der Waals surface area contributed by atoms with E-state index in [-0.39, 0.29) is 18.4 Å². The van der Waals surface area contributed by atoms with Crippen LogP contribution in [0.1, 0.15) is 21.5 Å². The molecule has 0 atom stereocenters. The van der Waals surface area contributed by atoms with Gasteiger partial charge in [0.05, 0.1) is 5.56 Å². The first-order chi connectivity index (χ1) is 7.49. The van der Waals surface area contributed by atoms with E-state index in [1.165, 1.54) is 18.2 Å². The number of hydrogen-bond acceptors (Lipinski definition) is 2. The third-order valence-electron chi connectivity index (χ3n) is 1.96. The Hall–Kier alpha value is -1.62. The van der Waals surface area contributed by atoms with E-state index in [1.807, 2.05) is 0 Å². The van der Waals surface area contributed by atoms with Crippen LogP contribution < -0.4 is 5.73 Å². The van der Waals surface area contributed by atoms with E-state index in [0.29, 0.717) is 5.56 Å². The molecule has 0 saturated heterocycles. The lowest BCUT2D eigenvalue weighted by Crippen LogP contribution is -2.09. The fourth-order valence-electron chi connectivity index (χ4n) is 1.23. The molecule has 1 rings (SSSR count). The van der Waals surface area contributed by atoms with Crippen molar-refractivity contribution in [1.82, 2.24) is 0 Å². The van der Waals surface area contributed by atoms with Crippen molar-refractivity contribution in [1.29, 1.82) is 0 Å². The van der Waals surface area contributed by atoms with E-state index in [4.69, 9.17) is 5.73 Å². The van der Waals surface area contributed by atoms with E-state index in [1.54, 1.807) is 0 Å². The normalized spacial score (nSPS) is 12.0. The minimum atomic E-state index is -4.52. The number of benzene rings is 1. The molecule has 86 valence electrons. The molecule has 2 N–H and O–H groups in total. The highest BCUT2D eigenvalue weighted by molar-refractivity contribution is 5.78. The van der Waals surface area contributed by atoms with Crippen LogP contribution in [0.15, 0.2) is 24.3 Å². The Kier molecular flexibility index (Phi) is 3.84. The van der Waals surface area contributed by atoms with Gasteiger partial charge in [-0.25, -0.2) is 0 Å². The largest absolute Gasteiger partial charge is 0.417 e. The SMILES string of the molecule is NCC=Cc1ccc(C=O)c(C(F)(F)F)c1. The van der Waals surface area contributed by atoms with Crippen molar-refractivity contribution < 1.29 is 18.0 Å². The average Bonchev–Trinajstić information content (AvgIpc) is 2.24. The molecule has 5 heteroatoms. The molecule has 0 radical (unpaired) electrons. The van der Waals surface area contributed by atoms with E-state index in [0.717, 1.165) is 12.1 Å². The van der Waals surface area contributed by atoms with Gasteiger partial charge in [-0.2, -0.15) is 13.2 Å². The molecule has 0 bridgehead atoms. The first-order valence-electron chi connectivity index (χ1n) is 4.52. The molecule has 1 aromatic rings.